The number of rotatable bonds is 1. The van der Waals surface area contributed by atoms with Gasteiger partial charge in [0.05, 0.1) is 5.60 Å². The molecule has 1 fully saturated rings. The summed E-state index contributed by atoms with van der Waals surface area (Å²) in [5.41, 5.74) is 0.438. The molecule has 3 heteroatoms. The van der Waals surface area contributed by atoms with Gasteiger partial charge in [-0.2, -0.15) is 11.3 Å². The first-order chi connectivity index (χ1) is 6.47. The van der Waals surface area contributed by atoms with Crippen molar-refractivity contribution < 1.29 is 5.11 Å². The molecule has 78 valence electrons. The summed E-state index contributed by atoms with van der Waals surface area (Å²) in [5, 5.41) is 14.8. The third-order valence-electron chi connectivity index (χ3n) is 3.52. The molecule has 1 aromatic rings. The molecule has 0 spiro atoms. The van der Waals surface area contributed by atoms with Gasteiger partial charge >= 0.3 is 0 Å². The van der Waals surface area contributed by atoms with Crippen LogP contribution in [-0.2, 0) is 5.60 Å². The first kappa shape index (κ1) is 10.7. The summed E-state index contributed by atoms with van der Waals surface area (Å²) in [5.74, 6) is 0. The smallest absolute Gasteiger partial charge is 0.0966 e. The largest absolute Gasteiger partial charge is 0.385 e. The van der Waals surface area contributed by atoms with Crippen molar-refractivity contribution in [2.45, 2.75) is 38.7 Å². The summed E-state index contributed by atoms with van der Waals surface area (Å²) in [6, 6.07) is 0. The lowest BCUT2D eigenvalue weighted by Crippen LogP contribution is -2.36. The zero-order chi connectivity index (χ0) is 10.4. The van der Waals surface area contributed by atoms with E-state index < -0.39 is 5.60 Å². The van der Waals surface area contributed by atoms with Gasteiger partial charge in [-0.3, -0.25) is 0 Å². The molecule has 1 heterocycles. The predicted octanol–water partition coefficient (Wildman–Crippen LogP) is 3.91. The Bertz CT molecular complexity index is 345. The fourth-order valence-corrected chi connectivity index (χ4v) is 4.10. The second kappa shape index (κ2) is 3.32. The van der Waals surface area contributed by atoms with Gasteiger partial charge in [0, 0.05) is 15.4 Å². The van der Waals surface area contributed by atoms with Crippen LogP contribution in [0.1, 0.15) is 38.7 Å². The van der Waals surface area contributed by atoms with Crippen LogP contribution in [0.15, 0.2) is 15.2 Å². The van der Waals surface area contributed by atoms with Crippen molar-refractivity contribution in [1.29, 1.82) is 0 Å². The minimum Gasteiger partial charge on any atom is -0.385 e. The van der Waals surface area contributed by atoms with E-state index in [4.69, 9.17) is 0 Å². The Labute approximate surface area is 97.3 Å². The Morgan fingerprint density at radius 1 is 1.36 bits per heavy atom. The van der Waals surface area contributed by atoms with Crippen LogP contribution in [0.25, 0.3) is 0 Å². The number of thiophene rings is 1. The molecule has 1 aliphatic carbocycles. The lowest BCUT2D eigenvalue weighted by Gasteiger charge is -2.36. The first-order valence-corrected chi connectivity index (χ1v) is 6.65. The molecule has 14 heavy (non-hydrogen) atoms. The molecule has 0 aliphatic heterocycles. The number of aliphatic hydroxyl groups is 1. The average Bonchev–Trinajstić information content (AvgIpc) is 2.59. The predicted molar refractivity (Wildman–Crippen MR) is 63.5 cm³/mol. The van der Waals surface area contributed by atoms with Crippen LogP contribution in [0.2, 0.25) is 0 Å². The van der Waals surface area contributed by atoms with Gasteiger partial charge in [0.2, 0.25) is 0 Å². The molecule has 1 atom stereocenters. The van der Waals surface area contributed by atoms with Crippen molar-refractivity contribution in [1.82, 2.24) is 0 Å². The molecule has 1 saturated carbocycles. The van der Waals surface area contributed by atoms with Crippen LogP contribution >= 0.6 is 27.3 Å². The SMILES string of the molecule is CC1(C)CCCC1(O)c1cscc1Br. The molecule has 0 saturated heterocycles. The van der Waals surface area contributed by atoms with E-state index in [0.29, 0.717) is 0 Å². The lowest BCUT2D eigenvalue weighted by molar-refractivity contribution is -0.0487. The summed E-state index contributed by atoms with van der Waals surface area (Å²) in [6.45, 7) is 4.31. The second-order valence-electron chi connectivity index (χ2n) is 4.73. The molecule has 2 rings (SSSR count). The van der Waals surface area contributed by atoms with Crippen molar-refractivity contribution in [2.75, 3.05) is 0 Å². The van der Waals surface area contributed by atoms with E-state index in [1.165, 1.54) is 0 Å². The highest BCUT2D eigenvalue weighted by atomic mass is 79.9. The van der Waals surface area contributed by atoms with E-state index in [-0.39, 0.29) is 5.41 Å². The van der Waals surface area contributed by atoms with Crippen LogP contribution in [0.3, 0.4) is 0 Å². The summed E-state index contributed by atoms with van der Waals surface area (Å²) >= 11 is 5.16. The van der Waals surface area contributed by atoms with E-state index in [1.807, 2.05) is 5.38 Å². The van der Waals surface area contributed by atoms with E-state index in [1.54, 1.807) is 11.3 Å². The third-order valence-corrected chi connectivity index (χ3v) is 5.22. The van der Waals surface area contributed by atoms with E-state index in [0.717, 1.165) is 29.3 Å². The topological polar surface area (TPSA) is 20.2 Å². The maximum absolute atomic E-state index is 10.7. The van der Waals surface area contributed by atoms with Crippen LogP contribution in [0.4, 0.5) is 0 Å². The van der Waals surface area contributed by atoms with Crippen molar-refractivity contribution in [3.63, 3.8) is 0 Å². The summed E-state index contributed by atoms with van der Waals surface area (Å²) in [4.78, 5) is 0. The molecular formula is C11H15BrOS. The minimum atomic E-state index is -0.633. The Kier molecular flexibility index (Phi) is 2.53. The molecule has 1 unspecified atom stereocenters. The third kappa shape index (κ3) is 1.37. The maximum Gasteiger partial charge on any atom is 0.0966 e. The van der Waals surface area contributed by atoms with Gasteiger partial charge in [0.25, 0.3) is 0 Å². The lowest BCUT2D eigenvalue weighted by atomic mass is 9.74. The average molecular weight is 275 g/mol. The highest BCUT2D eigenvalue weighted by Gasteiger charge is 2.49. The van der Waals surface area contributed by atoms with Gasteiger partial charge in [-0.25, -0.2) is 0 Å². The number of hydrogen-bond acceptors (Lipinski definition) is 2. The Balaban J connectivity index is 2.47. The molecule has 1 nitrogen and oxygen atoms in total. The monoisotopic (exact) mass is 274 g/mol. The normalized spacial score (nSPS) is 30.9. The highest BCUT2D eigenvalue weighted by molar-refractivity contribution is 9.10. The molecule has 0 radical (unpaired) electrons. The Morgan fingerprint density at radius 3 is 2.50 bits per heavy atom. The molecule has 0 amide bonds. The van der Waals surface area contributed by atoms with Crippen LogP contribution in [0.5, 0.6) is 0 Å². The number of halogens is 1. The van der Waals surface area contributed by atoms with Crippen LogP contribution < -0.4 is 0 Å². The van der Waals surface area contributed by atoms with Gasteiger partial charge in [0.15, 0.2) is 0 Å². The molecule has 0 bridgehead atoms. The van der Waals surface area contributed by atoms with Crippen LogP contribution in [0, 0.1) is 5.41 Å². The van der Waals surface area contributed by atoms with E-state index in [2.05, 4.69) is 35.2 Å². The molecule has 1 N–H and O–H groups in total. The number of hydrogen-bond donors (Lipinski definition) is 1. The summed E-state index contributed by atoms with van der Waals surface area (Å²) in [6.07, 6.45) is 3.10. The Morgan fingerprint density at radius 2 is 2.07 bits per heavy atom. The molecular weight excluding hydrogens is 260 g/mol. The van der Waals surface area contributed by atoms with E-state index in [9.17, 15) is 5.11 Å². The molecule has 1 aromatic heterocycles. The molecule has 0 aromatic carbocycles. The maximum atomic E-state index is 10.7. The van der Waals surface area contributed by atoms with Gasteiger partial charge in [-0.15, -0.1) is 0 Å². The highest BCUT2D eigenvalue weighted by Crippen LogP contribution is 2.54. The van der Waals surface area contributed by atoms with Crippen molar-refractivity contribution in [3.8, 4) is 0 Å². The minimum absolute atomic E-state index is 0.00338. The Hall–Kier alpha value is 0.140. The zero-order valence-corrected chi connectivity index (χ0v) is 10.9. The fourth-order valence-electron chi connectivity index (χ4n) is 2.41. The van der Waals surface area contributed by atoms with Gasteiger partial charge in [-0.05, 0) is 46.0 Å². The summed E-state index contributed by atoms with van der Waals surface area (Å²) < 4.78 is 1.06. The van der Waals surface area contributed by atoms with Crippen molar-refractivity contribution in [2.24, 2.45) is 5.41 Å². The first-order valence-electron chi connectivity index (χ1n) is 4.92. The van der Waals surface area contributed by atoms with Gasteiger partial charge in [0.1, 0.15) is 0 Å². The zero-order valence-electron chi connectivity index (χ0n) is 8.51. The van der Waals surface area contributed by atoms with Crippen molar-refractivity contribution >= 4 is 27.3 Å². The second-order valence-corrected chi connectivity index (χ2v) is 6.33. The standard InChI is InChI=1S/C11H15BrOS/c1-10(2)4-3-5-11(10,13)8-6-14-7-9(8)12/h6-7,13H,3-5H2,1-2H3. The summed E-state index contributed by atoms with van der Waals surface area (Å²) in [7, 11) is 0. The van der Waals surface area contributed by atoms with Gasteiger partial charge < -0.3 is 5.11 Å². The van der Waals surface area contributed by atoms with Crippen LogP contribution in [-0.4, -0.2) is 5.11 Å². The van der Waals surface area contributed by atoms with Gasteiger partial charge in [-0.1, -0.05) is 13.8 Å². The quantitative estimate of drug-likeness (QED) is 0.824. The van der Waals surface area contributed by atoms with E-state index >= 15 is 0 Å². The fraction of sp³-hybridized carbons (Fsp3) is 0.636. The van der Waals surface area contributed by atoms with Crippen molar-refractivity contribution in [3.05, 3.63) is 20.8 Å². The molecule has 1 aliphatic rings.